The molecule has 6 heteroatoms. The average Bonchev–Trinajstić information content (AvgIpc) is 2.74. The van der Waals surface area contributed by atoms with Gasteiger partial charge in [-0.1, -0.05) is 11.6 Å². The third-order valence-electron chi connectivity index (χ3n) is 2.97. The van der Waals surface area contributed by atoms with Gasteiger partial charge in [0.05, 0.1) is 24.1 Å². The highest BCUT2D eigenvalue weighted by Gasteiger charge is 2.12. The molecule has 20 heavy (non-hydrogen) atoms. The van der Waals surface area contributed by atoms with Crippen molar-refractivity contribution in [3.8, 4) is 0 Å². The molecule has 0 saturated heterocycles. The molecule has 2 rings (SSSR count). The molecule has 0 aliphatic rings. The van der Waals surface area contributed by atoms with Crippen LogP contribution in [0.4, 0.5) is 5.69 Å². The van der Waals surface area contributed by atoms with Gasteiger partial charge in [-0.05, 0) is 25.1 Å². The van der Waals surface area contributed by atoms with Gasteiger partial charge in [0.2, 0.25) is 0 Å². The Morgan fingerprint density at radius 3 is 2.85 bits per heavy atom. The second kappa shape index (κ2) is 5.96. The molecule has 2 aromatic rings. The summed E-state index contributed by atoms with van der Waals surface area (Å²) in [6, 6.07) is 5.01. The fourth-order valence-electron chi connectivity index (χ4n) is 1.96. The Morgan fingerprint density at radius 2 is 2.25 bits per heavy atom. The maximum Gasteiger partial charge on any atom is 0.339 e. The van der Waals surface area contributed by atoms with E-state index in [1.54, 1.807) is 22.9 Å². The van der Waals surface area contributed by atoms with Gasteiger partial charge in [-0.25, -0.2) is 4.79 Å². The van der Waals surface area contributed by atoms with Crippen molar-refractivity contribution in [2.45, 2.75) is 13.5 Å². The molecule has 1 N–H and O–H groups in total. The first-order valence-electron chi connectivity index (χ1n) is 6.12. The lowest BCUT2D eigenvalue weighted by molar-refractivity contribution is 0.0602. The first-order chi connectivity index (χ1) is 9.51. The smallest absolute Gasteiger partial charge is 0.339 e. The SMILES string of the molecule is COC(=O)c1ccc(Cl)cc1NCc1cn(C)nc1C. The van der Waals surface area contributed by atoms with Crippen molar-refractivity contribution in [1.29, 1.82) is 0 Å². The topological polar surface area (TPSA) is 56.1 Å². The number of carbonyl (C=O) groups is 1. The van der Waals surface area contributed by atoms with E-state index in [4.69, 9.17) is 16.3 Å². The summed E-state index contributed by atoms with van der Waals surface area (Å²) < 4.78 is 6.51. The van der Waals surface area contributed by atoms with E-state index in [2.05, 4.69) is 10.4 Å². The van der Waals surface area contributed by atoms with Crippen LogP contribution in [0.2, 0.25) is 5.02 Å². The molecule has 1 aromatic heterocycles. The Labute approximate surface area is 122 Å². The molecule has 0 saturated carbocycles. The third kappa shape index (κ3) is 3.11. The predicted molar refractivity (Wildman–Crippen MR) is 78.1 cm³/mol. The first kappa shape index (κ1) is 14.4. The van der Waals surface area contributed by atoms with Crippen LogP contribution in [0, 0.1) is 6.92 Å². The van der Waals surface area contributed by atoms with E-state index in [-0.39, 0.29) is 0 Å². The quantitative estimate of drug-likeness (QED) is 0.881. The van der Waals surface area contributed by atoms with E-state index >= 15 is 0 Å². The number of hydrogen-bond donors (Lipinski definition) is 1. The number of methoxy groups -OCH3 is 1. The number of carbonyl (C=O) groups excluding carboxylic acids is 1. The van der Waals surface area contributed by atoms with Crippen LogP contribution in [-0.2, 0) is 18.3 Å². The number of rotatable bonds is 4. The maximum absolute atomic E-state index is 11.7. The summed E-state index contributed by atoms with van der Waals surface area (Å²) in [5.74, 6) is -0.396. The number of ether oxygens (including phenoxy) is 1. The third-order valence-corrected chi connectivity index (χ3v) is 3.21. The summed E-state index contributed by atoms with van der Waals surface area (Å²) >= 11 is 5.97. The maximum atomic E-state index is 11.7. The van der Waals surface area contributed by atoms with E-state index in [1.807, 2.05) is 20.2 Å². The van der Waals surface area contributed by atoms with E-state index in [0.717, 1.165) is 11.3 Å². The highest BCUT2D eigenvalue weighted by atomic mass is 35.5. The number of esters is 1. The zero-order valence-corrected chi connectivity index (χ0v) is 12.4. The van der Waals surface area contributed by atoms with E-state index < -0.39 is 5.97 Å². The standard InChI is InChI=1S/C14H16ClN3O2/c1-9-10(8-18(2)17-9)7-16-13-6-11(15)4-5-12(13)14(19)20-3/h4-6,8,16H,7H2,1-3H3. The Balaban J connectivity index is 2.22. The molecule has 5 nitrogen and oxygen atoms in total. The van der Waals surface area contributed by atoms with Gasteiger partial charge in [-0.2, -0.15) is 5.10 Å². The molecular formula is C14H16ClN3O2. The minimum Gasteiger partial charge on any atom is -0.465 e. The Bertz CT molecular complexity index is 637. The number of hydrogen-bond acceptors (Lipinski definition) is 4. The van der Waals surface area contributed by atoms with Gasteiger partial charge in [0.1, 0.15) is 0 Å². The van der Waals surface area contributed by atoms with Crippen molar-refractivity contribution in [2.24, 2.45) is 7.05 Å². The number of benzene rings is 1. The van der Waals surface area contributed by atoms with Gasteiger partial charge in [0.15, 0.2) is 0 Å². The second-order valence-corrected chi connectivity index (χ2v) is 4.88. The van der Waals surface area contributed by atoms with Crippen molar-refractivity contribution in [3.63, 3.8) is 0 Å². The molecule has 106 valence electrons. The van der Waals surface area contributed by atoms with Crippen LogP contribution < -0.4 is 5.32 Å². The summed E-state index contributed by atoms with van der Waals surface area (Å²) in [5, 5.41) is 8.03. The van der Waals surface area contributed by atoms with Crippen molar-refractivity contribution in [3.05, 3.63) is 46.2 Å². The summed E-state index contributed by atoms with van der Waals surface area (Å²) in [6.45, 7) is 2.50. The van der Waals surface area contributed by atoms with Gasteiger partial charge in [0, 0.05) is 30.4 Å². The highest BCUT2D eigenvalue weighted by molar-refractivity contribution is 6.31. The highest BCUT2D eigenvalue weighted by Crippen LogP contribution is 2.22. The molecule has 0 aliphatic heterocycles. The normalized spacial score (nSPS) is 10.4. The van der Waals surface area contributed by atoms with Crippen molar-refractivity contribution in [1.82, 2.24) is 9.78 Å². The number of anilines is 1. The molecular weight excluding hydrogens is 278 g/mol. The molecule has 0 radical (unpaired) electrons. The average molecular weight is 294 g/mol. The van der Waals surface area contributed by atoms with E-state index in [1.165, 1.54) is 7.11 Å². The summed E-state index contributed by atoms with van der Waals surface area (Å²) in [7, 11) is 3.22. The van der Waals surface area contributed by atoms with Crippen molar-refractivity contribution >= 4 is 23.3 Å². The van der Waals surface area contributed by atoms with Crippen LogP contribution in [0.25, 0.3) is 0 Å². The van der Waals surface area contributed by atoms with Gasteiger partial charge in [-0.3, -0.25) is 4.68 Å². The van der Waals surface area contributed by atoms with Crippen LogP contribution in [0.15, 0.2) is 24.4 Å². The lowest BCUT2D eigenvalue weighted by Gasteiger charge is -2.10. The molecule has 0 amide bonds. The van der Waals surface area contributed by atoms with Crippen LogP contribution in [0.1, 0.15) is 21.6 Å². The molecule has 0 bridgehead atoms. The molecule has 1 aromatic carbocycles. The summed E-state index contributed by atoms with van der Waals surface area (Å²) in [5.41, 5.74) is 3.11. The lowest BCUT2D eigenvalue weighted by Crippen LogP contribution is -2.08. The Morgan fingerprint density at radius 1 is 1.50 bits per heavy atom. The van der Waals surface area contributed by atoms with Crippen LogP contribution in [0.5, 0.6) is 0 Å². The minimum absolute atomic E-state index is 0.396. The predicted octanol–water partition coefficient (Wildman–Crippen LogP) is 2.78. The molecule has 0 aliphatic carbocycles. The monoisotopic (exact) mass is 293 g/mol. The summed E-state index contributed by atoms with van der Waals surface area (Å²) in [6.07, 6.45) is 1.94. The van der Waals surface area contributed by atoms with E-state index in [9.17, 15) is 4.79 Å². The van der Waals surface area contributed by atoms with Gasteiger partial charge in [-0.15, -0.1) is 0 Å². The Kier molecular flexibility index (Phi) is 4.29. The number of aromatic nitrogens is 2. The zero-order chi connectivity index (χ0) is 14.7. The van der Waals surface area contributed by atoms with Crippen LogP contribution in [-0.4, -0.2) is 22.9 Å². The second-order valence-electron chi connectivity index (χ2n) is 4.45. The largest absolute Gasteiger partial charge is 0.465 e. The Hall–Kier alpha value is -2.01. The molecule has 1 heterocycles. The lowest BCUT2D eigenvalue weighted by atomic mass is 10.1. The molecule has 0 fully saturated rings. The molecule has 0 unspecified atom stereocenters. The van der Waals surface area contributed by atoms with Gasteiger partial charge >= 0.3 is 5.97 Å². The number of nitrogens with one attached hydrogen (secondary N) is 1. The fourth-order valence-corrected chi connectivity index (χ4v) is 2.14. The first-order valence-corrected chi connectivity index (χ1v) is 6.50. The van der Waals surface area contributed by atoms with Crippen LogP contribution in [0.3, 0.4) is 0 Å². The summed E-state index contributed by atoms with van der Waals surface area (Å²) in [4.78, 5) is 11.7. The molecule has 0 atom stereocenters. The van der Waals surface area contributed by atoms with Gasteiger partial charge in [0.25, 0.3) is 0 Å². The van der Waals surface area contributed by atoms with Crippen molar-refractivity contribution < 1.29 is 9.53 Å². The molecule has 0 spiro atoms. The number of halogens is 1. The van der Waals surface area contributed by atoms with Crippen molar-refractivity contribution in [2.75, 3.05) is 12.4 Å². The minimum atomic E-state index is -0.396. The fraction of sp³-hybridized carbons (Fsp3) is 0.286. The van der Waals surface area contributed by atoms with E-state index in [0.29, 0.717) is 22.8 Å². The van der Waals surface area contributed by atoms with Crippen LogP contribution >= 0.6 is 11.6 Å². The number of nitrogens with zero attached hydrogens (tertiary/aromatic N) is 2. The van der Waals surface area contributed by atoms with Gasteiger partial charge < -0.3 is 10.1 Å². The zero-order valence-electron chi connectivity index (χ0n) is 11.6. The number of aryl methyl sites for hydroxylation is 2.